The van der Waals surface area contributed by atoms with E-state index in [9.17, 15) is 0 Å². The minimum Gasteiger partial charge on any atom is -0.356 e. The van der Waals surface area contributed by atoms with Crippen LogP contribution in [0.2, 0.25) is 0 Å². The molecule has 134 valence electrons. The molecule has 1 atom stereocenters. The number of rotatable bonds is 3. The third kappa shape index (κ3) is 4.03. The van der Waals surface area contributed by atoms with E-state index in [0.29, 0.717) is 6.04 Å². The van der Waals surface area contributed by atoms with Crippen LogP contribution in [-0.2, 0) is 0 Å². The topological polar surface area (TPSA) is 53.1 Å². The van der Waals surface area contributed by atoms with E-state index in [1.54, 1.807) is 0 Å². The van der Waals surface area contributed by atoms with Crippen LogP contribution >= 0.6 is 0 Å². The van der Waals surface area contributed by atoms with Crippen molar-refractivity contribution in [1.82, 2.24) is 15.3 Å². The zero-order valence-corrected chi connectivity index (χ0v) is 15.0. The Balaban J connectivity index is 1.65. The van der Waals surface area contributed by atoms with Crippen molar-refractivity contribution in [2.45, 2.75) is 51.0 Å². The van der Waals surface area contributed by atoms with Gasteiger partial charge in [0.25, 0.3) is 0 Å². The van der Waals surface area contributed by atoms with Crippen LogP contribution < -0.4 is 15.5 Å². The zero-order valence-electron chi connectivity index (χ0n) is 15.0. The molecule has 0 bridgehead atoms. The molecule has 25 heavy (non-hydrogen) atoms. The Bertz CT molecular complexity index is 686. The summed E-state index contributed by atoms with van der Waals surface area (Å²) in [6.45, 7) is 4.32. The number of benzene rings is 1. The van der Waals surface area contributed by atoms with Crippen molar-refractivity contribution in [1.29, 1.82) is 0 Å². The second kappa shape index (κ2) is 8.00. The van der Waals surface area contributed by atoms with Gasteiger partial charge in [-0.3, -0.25) is 0 Å². The lowest BCUT2D eigenvalue weighted by Crippen LogP contribution is -2.32. The molecular formula is C20H29N5. The van der Waals surface area contributed by atoms with Crippen LogP contribution in [0.5, 0.6) is 0 Å². The maximum absolute atomic E-state index is 4.97. The second-order valence-corrected chi connectivity index (χ2v) is 7.33. The minimum absolute atomic E-state index is 0.417. The highest BCUT2D eigenvalue weighted by Crippen LogP contribution is 2.27. The third-order valence-corrected chi connectivity index (χ3v) is 5.37. The molecular weight excluding hydrogens is 310 g/mol. The smallest absolute Gasteiger partial charge is 0.225 e. The van der Waals surface area contributed by atoms with E-state index in [1.165, 1.54) is 50.3 Å². The van der Waals surface area contributed by atoms with Gasteiger partial charge in [0.15, 0.2) is 0 Å². The molecule has 2 aromatic rings. The fourth-order valence-corrected chi connectivity index (χ4v) is 3.97. The number of anilines is 2. The molecule has 5 heteroatoms. The predicted octanol–water partition coefficient (Wildman–Crippen LogP) is 3.56. The summed E-state index contributed by atoms with van der Waals surface area (Å²) in [5.74, 6) is 1.89. The van der Waals surface area contributed by atoms with Gasteiger partial charge in [-0.05, 0) is 44.4 Å². The van der Waals surface area contributed by atoms with E-state index in [4.69, 9.17) is 9.97 Å². The molecule has 3 heterocycles. The summed E-state index contributed by atoms with van der Waals surface area (Å²) in [5, 5.41) is 8.28. The summed E-state index contributed by atoms with van der Waals surface area (Å²) in [4.78, 5) is 12.2. The van der Waals surface area contributed by atoms with Crippen molar-refractivity contribution >= 4 is 22.7 Å². The average Bonchev–Trinajstić information content (AvgIpc) is 3.06. The SMILES string of the molecule is c1ccc2c(N3CCCCCC3)nc(NC3CCCCNC3)nc2c1. The van der Waals surface area contributed by atoms with Crippen LogP contribution in [0.25, 0.3) is 10.9 Å². The standard InChI is InChI=1S/C20H29N5/c1-2-8-14-25(13-7-1)19-17-10-3-4-11-18(17)23-20(24-19)22-16-9-5-6-12-21-15-16/h3-4,10-11,16,21H,1-2,5-9,12-15H2,(H,22,23,24). The monoisotopic (exact) mass is 339 g/mol. The lowest BCUT2D eigenvalue weighted by molar-refractivity contribution is 0.631. The van der Waals surface area contributed by atoms with Gasteiger partial charge in [-0.15, -0.1) is 0 Å². The molecule has 0 amide bonds. The van der Waals surface area contributed by atoms with Crippen LogP contribution in [0.4, 0.5) is 11.8 Å². The fraction of sp³-hybridized carbons (Fsp3) is 0.600. The van der Waals surface area contributed by atoms with Crippen LogP contribution in [0.3, 0.4) is 0 Å². The van der Waals surface area contributed by atoms with Gasteiger partial charge in [-0.2, -0.15) is 4.98 Å². The van der Waals surface area contributed by atoms with E-state index in [1.807, 2.05) is 0 Å². The first-order chi connectivity index (χ1) is 12.4. The van der Waals surface area contributed by atoms with Gasteiger partial charge in [-0.25, -0.2) is 4.98 Å². The highest BCUT2D eigenvalue weighted by atomic mass is 15.2. The number of hydrogen-bond donors (Lipinski definition) is 2. The normalized spacial score (nSPS) is 22.4. The maximum atomic E-state index is 4.97. The molecule has 2 fully saturated rings. The molecule has 1 unspecified atom stereocenters. The first kappa shape index (κ1) is 16.6. The molecule has 0 aliphatic carbocycles. The molecule has 1 aromatic heterocycles. The van der Waals surface area contributed by atoms with Crippen molar-refractivity contribution < 1.29 is 0 Å². The molecule has 2 aliphatic rings. The molecule has 0 saturated carbocycles. The highest BCUT2D eigenvalue weighted by molar-refractivity contribution is 5.90. The van der Waals surface area contributed by atoms with Crippen LogP contribution in [-0.4, -0.2) is 42.2 Å². The van der Waals surface area contributed by atoms with Gasteiger partial charge in [0.05, 0.1) is 5.52 Å². The van der Waals surface area contributed by atoms with E-state index in [2.05, 4.69) is 39.8 Å². The first-order valence-corrected chi connectivity index (χ1v) is 9.89. The van der Waals surface area contributed by atoms with Gasteiger partial charge in [0.2, 0.25) is 5.95 Å². The van der Waals surface area contributed by atoms with Crippen molar-refractivity contribution in [3.05, 3.63) is 24.3 Å². The first-order valence-electron chi connectivity index (χ1n) is 9.89. The van der Waals surface area contributed by atoms with E-state index >= 15 is 0 Å². The molecule has 2 aliphatic heterocycles. The maximum Gasteiger partial charge on any atom is 0.225 e. The molecule has 2 N–H and O–H groups in total. The summed E-state index contributed by atoms with van der Waals surface area (Å²) < 4.78 is 0. The van der Waals surface area contributed by atoms with Crippen molar-refractivity contribution in [3.63, 3.8) is 0 Å². The number of nitrogens with one attached hydrogen (secondary N) is 2. The summed E-state index contributed by atoms with van der Waals surface area (Å²) in [6.07, 6.45) is 8.88. The Morgan fingerprint density at radius 1 is 0.960 bits per heavy atom. The Hall–Kier alpha value is -1.88. The Kier molecular flexibility index (Phi) is 5.31. The Morgan fingerprint density at radius 2 is 1.80 bits per heavy atom. The Morgan fingerprint density at radius 3 is 2.68 bits per heavy atom. The summed E-state index contributed by atoms with van der Waals surface area (Å²) >= 11 is 0. The lowest BCUT2D eigenvalue weighted by Gasteiger charge is -2.24. The number of aromatic nitrogens is 2. The second-order valence-electron chi connectivity index (χ2n) is 7.33. The number of para-hydroxylation sites is 1. The van der Waals surface area contributed by atoms with Gasteiger partial charge in [0, 0.05) is 31.1 Å². The highest BCUT2D eigenvalue weighted by Gasteiger charge is 2.18. The molecule has 0 radical (unpaired) electrons. The van der Waals surface area contributed by atoms with Crippen LogP contribution in [0.1, 0.15) is 44.9 Å². The van der Waals surface area contributed by atoms with Crippen molar-refractivity contribution in [3.8, 4) is 0 Å². The fourth-order valence-electron chi connectivity index (χ4n) is 3.97. The zero-order chi connectivity index (χ0) is 16.9. The largest absolute Gasteiger partial charge is 0.356 e. The quantitative estimate of drug-likeness (QED) is 0.895. The molecule has 4 rings (SSSR count). The number of fused-ring (bicyclic) bond motifs is 1. The molecule has 2 saturated heterocycles. The Labute approximate surface area is 150 Å². The summed E-state index contributed by atoms with van der Waals surface area (Å²) in [6, 6.07) is 8.84. The van der Waals surface area contributed by atoms with Crippen molar-refractivity contribution in [2.24, 2.45) is 0 Å². The number of hydrogen-bond acceptors (Lipinski definition) is 5. The van der Waals surface area contributed by atoms with Gasteiger partial charge in [-0.1, -0.05) is 31.4 Å². The summed E-state index contributed by atoms with van der Waals surface area (Å²) in [7, 11) is 0. The van der Waals surface area contributed by atoms with E-state index in [-0.39, 0.29) is 0 Å². The van der Waals surface area contributed by atoms with Crippen LogP contribution in [0, 0.1) is 0 Å². The minimum atomic E-state index is 0.417. The number of nitrogens with zero attached hydrogens (tertiary/aromatic N) is 3. The average molecular weight is 339 g/mol. The molecule has 1 aromatic carbocycles. The summed E-state index contributed by atoms with van der Waals surface area (Å²) in [5.41, 5.74) is 1.04. The molecule has 0 spiro atoms. The van der Waals surface area contributed by atoms with Crippen molar-refractivity contribution in [2.75, 3.05) is 36.4 Å². The third-order valence-electron chi connectivity index (χ3n) is 5.37. The lowest BCUT2D eigenvalue weighted by atomic mass is 10.1. The molecule has 5 nitrogen and oxygen atoms in total. The predicted molar refractivity (Wildman–Crippen MR) is 104 cm³/mol. The van der Waals surface area contributed by atoms with Crippen LogP contribution in [0.15, 0.2) is 24.3 Å². The van der Waals surface area contributed by atoms with Gasteiger partial charge in [0.1, 0.15) is 5.82 Å². The van der Waals surface area contributed by atoms with E-state index < -0.39 is 0 Å². The van der Waals surface area contributed by atoms with E-state index in [0.717, 1.165) is 43.5 Å². The van der Waals surface area contributed by atoms with Gasteiger partial charge >= 0.3 is 0 Å². The van der Waals surface area contributed by atoms with Gasteiger partial charge < -0.3 is 15.5 Å².